The van der Waals surface area contributed by atoms with Crippen LogP contribution in [0.1, 0.15) is 19.8 Å². The Kier molecular flexibility index (Phi) is 3.05. The molecule has 1 fully saturated rings. The third-order valence-electron chi connectivity index (χ3n) is 2.23. The van der Waals surface area contributed by atoms with Gasteiger partial charge in [-0.05, 0) is 19.4 Å². The van der Waals surface area contributed by atoms with Crippen LogP contribution in [0.15, 0.2) is 0 Å². The summed E-state index contributed by atoms with van der Waals surface area (Å²) < 4.78 is 0. The third kappa shape index (κ3) is 1.76. The van der Waals surface area contributed by atoms with Gasteiger partial charge in [0.15, 0.2) is 0 Å². The fraction of sp³-hybridized carbons (Fsp3) is 0.875. The Balaban J connectivity index is 2.57. The van der Waals surface area contributed by atoms with Crippen LogP contribution in [0.2, 0.25) is 0 Å². The Morgan fingerprint density at radius 1 is 1.67 bits per heavy atom. The van der Waals surface area contributed by atoms with Crippen molar-refractivity contribution in [2.24, 2.45) is 0 Å². The van der Waals surface area contributed by atoms with Crippen molar-refractivity contribution < 1.29 is 15.0 Å². The monoisotopic (exact) mass is 173 g/mol. The molecule has 0 aromatic heterocycles. The van der Waals surface area contributed by atoms with Gasteiger partial charge in [0.05, 0.1) is 6.10 Å². The molecule has 12 heavy (non-hydrogen) atoms. The highest BCUT2D eigenvalue weighted by atomic mass is 16.4. The van der Waals surface area contributed by atoms with Crippen LogP contribution in [0.25, 0.3) is 0 Å². The number of aliphatic hydroxyl groups excluding tert-OH is 1. The van der Waals surface area contributed by atoms with Gasteiger partial charge in [0, 0.05) is 6.54 Å². The minimum atomic E-state index is -0.909. The number of carboxylic acid groups (broad SMARTS) is 1. The number of likely N-dealkylation sites (tertiary alicyclic amines) is 1. The second kappa shape index (κ2) is 3.87. The minimum Gasteiger partial charge on any atom is -0.480 e. The van der Waals surface area contributed by atoms with E-state index in [1.54, 1.807) is 0 Å². The lowest BCUT2D eigenvalue weighted by Crippen LogP contribution is -2.42. The van der Waals surface area contributed by atoms with E-state index in [-0.39, 0.29) is 0 Å². The molecular weight excluding hydrogens is 158 g/mol. The van der Waals surface area contributed by atoms with E-state index in [1.165, 1.54) is 0 Å². The molecule has 1 aliphatic rings. The van der Waals surface area contributed by atoms with Crippen LogP contribution >= 0.6 is 0 Å². The normalized spacial score (nSPS) is 30.8. The van der Waals surface area contributed by atoms with Gasteiger partial charge in [0.25, 0.3) is 0 Å². The molecule has 0 radical (unpaired) electrons. The van der Waals surface area contributed by atoms with Crippen LogP contribution in [-0.4, -0.2) is 46.3 Å². The molecule has 2 N–H and O–H groups in total. The van der Waals surface area contributed by atoms with E-state index in [2.05, 4.69) is 0 Å². The molecule has 1 heterocycles. The largest absolute Gasteiger partial charge is 0.480 e. The zero-order valence-electron chi connectivity index (χ0n) is 7.23. The molecule has 0 amide bonds. The zero-order chi connectivity index (χ0) is 9.14. The maximum Gasteiger partial charge on any atom is 0.323 e. The third-order valence-corrected chi connectivity index (χ3v) is 2.23. The molecule has 4 nitrogen and oxygen atoms in total. The Morgan fingerprint density at radius 3 is 2.83 bits per heavy atom. The van der Waals surface area contributed by atoms with Crippen molar-refractivity contribution in [2.75, 3.05) is 13.1 Å². The van der Waals surface area contributed by atoms with Crippen molar-refractivity contribution in [2.45, 2.75) is 31.9 Å². The molecule has 1 saturated heterocycles. The van der Waals surface area contributed by atoms with Gasteiger partial charge in [-0.3, -0.25) is 9.69 Å². The second-order valence-electron chi connectivity index (χ2n) is 3.18. The van der Waals surface area contributed by atoms with Crippen LogP contribution < -0.4 is 0 Å². The fourth-order valence-electron chi connectivity index (χ4n) is 1.70. The van der Waals surface area contributed by atoms with E-state index in [1.807, 2.05) is 11.8 Å². The van der Waals surface area contributed by atoms with E-state index >= 15 is 0 Å². The molecule has 0 aliphatic carbocycles. The molecule has 1 aliphatic heterocycles. The first-order chi connectivity index (χ1) is 5.66. The summed E-state index contributed by atoms with van der Waals surface area (Å²) in [5.41, 5.74) is 0. The Labute approximate surface area is 71.8 Å². The summed E-state index contributed by atoms with van der Waals surface area (Å²) in [5, 5.41) is 18.1. The Bertz CT molecular complexity index is 170. The van der Waals surface area contributed by atoms with Gasteiger partial charge in [-0.1, -0.05) is 6.92 Å². The number of rotatable bonds is 3. The van der Waals surface area contributed by atoms with Crippen LogP contribution in [0.4, 0.5) is 0 Å². The average Bonchev–Trinajstić information content (AvgIpc) is 2.32. The molecule has 0 aromatic rings. The minimum absolute atomic E-state index is 0.580. The van der Waals surface area contributed by atoms with Gasteiger partial charge < -0.3 is 10.2 Å². The highest BCUT2D eigenvalue weighted by molar-refractivity contribution is 5.74. The molecule has 4 heteroatoms. The predicted octanol–water partition coefficient (Wildman–Crippen LogP) is -0.0838. The summed E-state index contributed by atoms with van der Waals surface area (Å²) >= 11 is 0. The van der Waals surface area contributed by atoms with Crippen LogP contribution in [0, 0.1) is 0 Å². The Hall–Kier alpha value is -0.610. The Morgan fingerprint density at radius 2 is 2.33 bits per heavy atom. The van der Waals surface area contributed by atoms with Crippen molar-refractivity contribution in [3.8, 4) is 0 Å². The zero-order valence-corrected chi connectivity index (χ0v) is 7.23. The summed E-state index contributed by atoms with van der Waals surface area (Å²) in [5.74, 6) is -0.909. The number of carbonyl (C=O) groups is 1. The molecule has 0 bridgehead atoms. The summed E-state index contributed by atoms with van der Waals surface area (Å²) in [7, 11) is 0. The molecule has 0 saturated carbocycles. The van der Waals surface area contributed by atoms with Crippen molar-refractivity contribution in [1.29, 1.82) is 0 Å². The summed E-state index contributed by atoms with van der Waals surface area (Å²) in [4.78, 5) is 12.5. The first kappa shape index (κ1) is 9.48. The van der Waals surface area contributed by atoms with Crippen molar-refractivity contribution >= 4 is 5.97 Å². The standard InChI is InChI=1S/C8H15NO3/c1-2-4-9-5-3-6(10)7(9)8(11)12/h6-7,10H,2-5H2,1H3,(H,11,12)/t6-,7-/m0/s1. The van der Waals surface area contributed by atoms with E-state index in [0.29, 0.717) is 13.0 Å². The van der Waals surface area contributed by atoms with Gasteiger partial charge in [0.2, 0.25) is 0 Å². The van der Waals surface area contributed by atoms with Crippen LogP contribution in [0.3, 0.4) is 0 Å². The molecule has 0 aromatic carbocycles. The molecule has 0 unspecified atom stereocenters. The maximum absolute atomic E-state index is 10.7. The molecular formula is C8H15NO3. The van der Waals surface area contributed by atoms with Gasteiger partial charge in [-0.15, -0.1) is 0 Å². The second-order valence-corrected chi connectivity index (χ2v) is 3.18. The first-order valence-electron chi connectivity index (χ1n) is 4.31. The SMILES string of the molecule is CCCN1CC[C@H](O)[C@H]1C(=O)O. The number of nitrogens with zero attached hydrogens (tertiary/aromatic N) is 1. The summed E-state index contributed by atoms with van der Waals surface area (Å²) in [6, 6.07) is -0.676. The van der Waals surface area contributed by atoms with Gasteiger partial charge in [-0.2, -0.15) is 0 Å². The highest BCUT2D eigenvalue weighted by Gasteiger charge is 2.37. The topological polar surface area (TPSA) is 60.8 Å². The smallest absolute Gasteiger partial charge is 0.323 e. The highest BCUT2D eigenvalue weighted by Crippen LogP contribution is 2.17. The summed E-state index contributed by atoms with van der Waals surface area (Å²) in [6.07, 6.45) is 0.821. The number of aliphatic hydroxyl groups is 1. The average molecular weight is 173 g/mol. The lowest BCUT2D eigenvalue weighted by atomic mass is 10.2. The molecule has 70 valence electrons. The van der Waals surface area contributed by atoms with E-state index in [9.17, 15) is 9.90 Å². The lowest BCUT2D eigenvalue weighted by molar-refractivity contribution is -0.144. The van der Waals surface area contributed by atoms with Crippen molar-refractivity contribution in [1.82, 2.24) is 4.90 Å². The van der Waals surface area contributed by atoms with E-state index in [0.717, 1.165) is 13.0 Å². The van der Waals surface area contributed by atoms with Crippen molar-refractivity contribution in [3.63, 3.8) is 0 Å². The molecule has 2 atom stereocenters. The first-order valence-corrected chi connectivity index (χ1v) is 4.31. The van der Waals surface area contributed by atoms with Gasteiger partial charge >= 0.3 is 5.97 Å². The van der Waals surface area contributed by atoms with Crippen LogP contribution in [0.5, 0.6) is 0 Å². The van der Waals surface area contributed by atoms with E-state index in [4.69, 9.17) is 5.11 Å². The fourth-order valence-corrected chi connectivity index (χ4v) is 1.70. The van der Waals surface area contributed by atoms with Crippen LogP contribution in [-0.2, 0) is 4.79 Å². The quantitative estimate of drug-likeness (QED) is 0.626. The number of carboxylic acids is 1. The number of aliphatic carboxylic acids is 1. The number of hydrogen-bond acceptors (Lipinski definition) is 3. The summed E-state index contributed by atoms with van der Waals surface area (Å²) in [6.45, 7) is 3.46. The maximum atomic E-state index is 10.7. The van der Waals surface area contributed by atoms with Gasteiger partial charge in [0.1, 0.15) is 6.04 Å². The predicted molar refractivity (Wildman–Crippen MR) is 43.9 cm³/mol. The molecule has 0 spiro atoms. The number of hydrogen-bond donors (Lipinski definition) is 2. The lowest BCUT2D eigenvalue weighted by Gasteiger charge is -2.21. The van der Waals surface area contributed by atoms with Gasteiger partial charge in [-0.25, -0.2) is 0 Å². The van der Waals surface area contributed by atoms with E-state index < -0.39 is 18.1 Å². The van der Waals surface area contributed by atoms with Crippen molar-refractivity contribution in [3.05, 3.63) is 0 Å². The molecule has 1 rings (SSSR count).